The summed E-state index contributed by atoms with van der Waals surface area (Å²) in [7, 11) is 1.54. The van der Waals surface area contributed by atoms with Gasteiger partial charge < -0.3 is 5.32 Å². The topological polar surface area (TPSA) is 63.2 Å². The summed E-state index contributed by atoms with van der Waals surface area (Å²) < 4.78 is 22.9. The van der Waals surface area contributed by atoms with Crippen molar-refractivity contribution < 1.29 is 13.2 Å². The average molecular weight is 316 g/mol. The van der Waals surface area contributed by atoms with E-state index in [1.165, 1.54) is 6.07 Å². The fraction of sp³-hybridized carbons (Fsp3) is 0.500. The van der Waals surface area contributed by atoms with Crippen LogP contribution in [-0.4, -0.2) is 20.4 Å². The van der Waals surface area contributed by atoms with E-state index in [0.29, 0.717) is 17.0 Å². The Bertz CT molecular complexity index is 627. The Labute approximate surface area is 123 Å². The minimum atomic E-state index is -3.83. The van der Waals surface area contributed by atoms with Gasteiger partial charge in [0.2, 0.25) is 0 Å². The van der Waals surface area contributed by atoms with Gasteiger partial charge in [0.1, 0.15) is 0 Å². The van der Waals surface area contributed by atoms with Crippen molar-refractivity contribution in [2.75, 3.05) is 0 Å². The second-order valence-corrected chi connectivity index (χ2v) is 8.04. The van der Waals surface area contributed by atoms with Gasteiger partial charge in [0.05, 0.1) is 4.90 Å². The number of hydrogen-bond acceptors (Lipinski definition) is 3. The Morgan fingerprint density at radius 2 is 2.05 bits per heavy atom. The van der Waals surface area contributed by atoms with Crippen molar-refractivity contribution in [1.29, 1.82) is 0 Å². The molecule has 1 aliphatic carbocycles. The Balaban J connectivity index is 2.19. The van der Waals surface area contributed by atoms with Crippen molar-refractivity contribution in [3.8, 4) is 0 Å². The summed E-state index contributed by atoms with van der Waals surface area (Å²) in [5, 5.41) is 2.95. The first-order chi connectivity index (χ1) is 9.27. The summed E-state index contributed by atoms with van der Waals surface area (Å²) in [4.78, 5) is 12.1. The van der Waals surface area contributed by atoms with E-state index < -0.39 is 9.05 Å². The quantitative estimate of drug-likeness (QED) is 0.872. The molecule has 2 atom stereocenters. The van der Waals surface area contributed by atoms with Crippen LogP contribution in [0.4, 0.5) is 0 Å². The maximum Gasteiger partial charge on any atom is 0.261 e. The van der Waals surface area contributed by atoms with Gasteiger partial charge in [-0.25, -0.2) is 8.42 Å². The van der Waals surface area contributed by atoms with Gasteiger partial charge in [-0.15, -0.1) is 0 Å². The van der Waals surface area contributed by atoms with Crippen LogP contribution in [0.1, 0.15) is 42.1 Å². The van der Waals surface area contributed by atoms with Crippen molar-refractivity contribution in [2.45, 2.75) is 44.0 Å². The number of benzene rings is 1. The number of carbonyl (C=O) groups excluding carboxylic acids is 1. The lowest BCUT2D eigenvalue weighted by atomic mass is 10.1. The Morgan fingerprint density at radius 1 is 1.35 bits per heavy atom. The van der Waals surface area contributed by atoms with Gasteiger partial charge in [0.25, 0.3) is 15.0 Å². The predicted octanol–water partition coefficient (Wildman–Crippen LogP) is 2.84. The summed E-state index contributed by atoms with van der Waals surface area (Å²) >= 11 is 0. The first kappa shape index (κ1) is 15.3. The molecule has 110 valence electrons. The molecule has 4 nitrogen and oxygen atoms in total. The number of rotatable bonds is 3. The van der Waals surface area contributed by atoms with Gasteiger partial charge in [0, 0.05) is 22.3 Å². The molecule has 1 aromatic carbocycles. The smallest absolute Gasteiger partial charge is 0.261 e. The molecule has 0 saturated heterocycles. The Kier molecular flexibility index (Phi) is 4.39. The minimum absolute atomic E-state index is 0.00777. The fourth-order valence-corrected chi connectivity index (χ4v) is 3.83. The van der Waals surface area contributed by atoms with Crippen LogP contribution >= 0.6 is 10.7 Å². The largest absolute Gasteiger partial charge is 0.349 e. The van der Waals surface area contributed by atoms with Crippen LogP contribution in [-0.2, 0) is 9.05 Å². The molecule has 1 amide bonds. The lowest BCUT2D eigenvalue weighted by Crippen LogP contribution is -2.32. The molecule has 1 fully saturated rings. The normalized spacial score (nSPS) is 22.8. The highest BCUT2D eigenvalue weighted by atomic mass is 35.7. The third-order valence-electron chi connectivity index (χ3n) is 3.74. The van der Waals surface area contributed by atoms with Gasteiger partial charge in [-0.1, -0.05) is 13.0 Å². The van der Waals surface area contributed by atoms with Gasteiger partial charge in [-0.2, -0.15) is 0 Å². The lowest BCUT2D eigenvalue weighted by molar-refractivity contribution is 0.0937. The molecule has 20 heavy (non-hydrogen) atoms. The zero-order valence-corrected chi connectivity index (χ0v) is 13.1. The molecule has 1 aliphatic rings. The van der Waals surface area contributed by atoms with Crippen LogP contribution in [0.25, 0.3) is 0 Å². The van der Waals surface area contributed by atoms with E-state index in [0.717, 1.165) is 19.3 Å². The summed E-state index contributed by atoms with van der Waals surface area (Å²) in [5.41, 5.74) is 0.861. The van der Waals surface area contributed by atoms with Crippen molar-refractivity contribution >= 4 is 25.6 Å². The summed E-state index contributed by atoms with van der Waals surface area (Å²) in [6.45, 7) is 3.81. The lowest BCUT2D eigenvalue weighted by Gasteiger charge is -2.13. The van der Waals surface area contributed by atoms with Crippen LogP contribution < -0.4 is 5.32 Å². The number of halogens is 1. The van der Waals surface area contributed by atoms with Crippen LogP contribution in [0, 0.1) is 12.8 Å². The van der Waals surface area contributed by atoms with Crippen LogP contribution in [0.2, 0.25) is 0 Å². The van der Waals surface area contributed by atoms with Crippen molar-refractivity contribution in [3.05, 3.63) is 29.3 Å². The number of carbonyl (C=O) groups is 1. The van der Waals surface area contributed by atoms with Gasteiger partial charge >= 0.3 is 0 Å². The van der Waals surface area contributed by atoms with E-state index in [9.17, 15) is 13.2 Å². The molecule has 2 rings (SSSR count). The van der Waals surface area contributed by atoms with E-state index in [-0.39, 0.29) is 16.8 Å². The second-order valence-electron chi connectivity index (χ2n) is 5.51. The number of amides is 1. The van der Waals surface area contributed by atoms with Crippen LogP contribution in [0.15, 0.2) is 23.1 Å². The molecular formula is C14H18ClNO3S. The number of aryl methyl sites for hydroxylation is 1. The van der Waals surface area contributed by atoms with Crippen molar-refractivity contribution in [3.63, 3.8) is 0 Å². The van der Waals surface area contributed by atoms with E-state index in [1.54, 1.807) is 19.1 Å². The van der Waals surface area contributed by atoms with Crippen LogP contribution in [0.5, 0.6) is 0 Å². The molecule has 0 bridgehead atoms. The monoisotopic (exact) mass is 315 g/mol. The maximum atomic E-state index is 12.1. The molecule has 0 aromatic heterocycles. The molecule has 0 spiro atoms. The fourth-order valence-electron chi connectivity index (χ4n) is 2.61. The molecule has 1 N–H and O–H groups in total. The maximum absolute atomic E-state index is 12.1. The number of nitrogens with one attached hydrogen (secondary N) is 1. The third-order valence-corrected chi connectivity index (χ3v) is 5.21. The third kappa shape index (κ3) is 3.52. The van der Waals surface area contributed by atoms with Crippen molar-refractivity contribution in [1.82, 2.24) is 5.32 Å². The molecule has 0 aliphatic heterocycles. The Hall–Kier alpha value is -1.07. The average Bonchev–Trinajstić information content (AvgIpc) is 2.73. The SMILES string of the molecule is Cc1ccc(C(=O)NC2CCC(C)C2)cc1S(=O)(=O)Cl. The highest BCUT2D eigenvalue weighted by Crippen LogP contribution is 2.25. The van der Waals surface area contributed by atoms with E-state index in [2.05, 4.69) is 12.2 Å². The van der Waals surface area contributed by atoms with Gasteiger partial charge in [-0.05, 0) is 49.8 Å². The number of hydrogen-bond donors (Lipinski definition) is 1. The minimum Gasteiger partial charge on any atom is -0.349 e. The standard InChI is InChI=1S/C14H18ClNO3S/c1-9-3-6-12(7-9)16-14(17)11-5-4-10(2)13(8-11)20(15,18)19/h4-5,8-9,12H,3,6-7H2,1-2H3,(H,16,17). The summed E-state index contributed by atoms with van der Waals surface area (Å²) in [5.74, 6) is 0.378. The first-order valence-corrected chi connectivity index (χ1v) is 8.94. The van der Waals surface area contributed by atoms with E-state index >= 15 is 0 Å². The Morgan fingerprint density at radius 3 is 2.60 bits per heavy atom. The highest BCUT2D eigenvalue weighted by molar-refractivity contribution is 8.13. The zero-order chi connectivity index (χ0) is 14.9. The summed E-state index contributed by atoms with van der Waals surface area (Å²) in [6, 6.07) is 4.73. The van der Waals surface area contributed by atoms with Crippen LogP contribution in [0.3, 0.4) is 0 Å². The molecular weight excluding hydrogens is 298 g/mol. The molecule has 0 heterocycles. The molecule has 2 unspecified atom stereocenters. The van der Waals surface area contributed by atoms with Gasteiger partial charge in [0.15, 0.2) is 0 Å². The molecule has 6 heteroatoms. The highest BCUT2D eigenvalue weighted by Gasteiger charge is 2.24. The molecule has 1 aromatic rings. The van der Waals surface area contributed by atoms with E-state index in [1.807, 2.05) is 0 Å². The molecule has 1 saturated carbocycles. The second kappa shape index (κ2) is 5.74. The molecule has 0 radical (unpaired) electrons. The van der Waals surface area contributed by atoms with Crippen molar-refractivity contribution in [2.24, 2.45) is 5.92 Å². The van der Waals surface area contributed by atoms with E-state index in [4.69, 9.17) is 10.7 Å². The summed E-state index contributed by atoms with van der Waals surface area (Å²) in [6.07, 6.45) is 3.05. The zero-order valence-electron chi connectivity index (χ0n) is 11.5. The predicted molar refractivity (Wildman–Crippen MR) is 78.5 cm³/mol. The first-order valence-electron chi connectivity index (χ1n) is 6.63. The van der Waals surface area contributed by atoms with Gasteiger partial charge in [-0.3, -0.25) is 4.79 Å².